The van der Waals surface area contributed by atoms with E-state index < -0.39 is 12.4 Å². The summed E-state index contributed by atoms with van der Waals surface area (Å²) in [5, 5.41) is 5.61. The van der Waals surface area contributed by atoms with Gasteiger partial charge in [0.1, 0.15) is 5.75 Å². The molecule has 4 nitrogen and oxygen atoms in total. The maximum absolute atomic E-state index is 12.1. The maximum atomic E-state index is 12.1. The number of anilines is 2. The van der Waals surface area contributed by atoms with E-state index in [0.717, 1.165) is 12.1 Å². The van der Waals surface area contributed by atoms with Crippen LogP contribution in [0.4, 0.5) is 29.3 Å². The Labute approximate surface area is 135 Å². The highest BCUT2D eigenvalue weighted by atomic mass is 35.5. The minimum absolute atomic E-state index is 0.316. The second-order valence-corrected chi connectivity index (χ2v) is 4.97. The van der Waals surface area contributed by atoms with E-state index in [4.69, 9.17) is 11.6 Å². The van der Waals surface area contributed by atoms with E-state index >= 15 is 0 Å². The van der Waals surface area contributed by atoms with Crippen LogP contribution >= 0.6 is 11.6 Å². The SMILES string of the molecule is Cc1c(Cl)cccc1NC(=O)Nc1ccc(OC(F)(F)F)cc1. The number of ether oxygens (including phenoxy) is 1. The van der Waals surface area contributed by atoms with Crippen molar-refractivity contribution >= 4 is 29.0 Å². The highest BCUT2D eigenvalue weighted by Gasteiger charge is 2.30. The van der Waals surface area contributed by atoms with Gasteiger partial charge in [0.05, 0.1) is 0 Å². The van der Waals surface area contributed by atoms with E-state index in [0.29, 0.717) is 22.0 Å². The summed E-state index contributed by atoms with van der Waals surface area (Å²) in [7, 11) is 0. The molecule has 2 aromatic carbocycles. The van der Waals surface area contributed by atoms with Gasteiger partial charge >= 0.3 is 12.4 Å². The van der Waals surface area contributed by atoms with Crippen LogP contribution in [-0.4, -0.2) is 12.4 Å². The summed E-state index contributed by atoms with van der Waals surface area (Å²) in [6, 6.07) is 9.33. The number of rotatable bonds is 3. The first-order chi connectivity index (χ1) is 10.7. The van der Waals surface area contributed by atoms with Crippen molar-refractivity contribution in [3.63, 3.8) is 0 Å². The van der Waals surface area contributed by atoms with Gasteiger partial charge in [0.15, 0.2) is 0 Å². The summed E-state index contributed by atoms with van der Waals surface area (Å²) < 4.78 is 39.9. The van der Waals surface area contributed by atoms with Crippen molar-refractivity contribution in [2.75, 3.05) is 10.6 Å². The van der Waals surface area contributed by atoms with Crippen LogP contribution in [0.5, 0.6) is 5.75 Å². The lowest BCUT2D eigenvalue weighted by molar-refractivity contribution is -0.274. The highest BCUT2D eigenvalue weighted by molar-refractivity contribution is 6.31. The van der Waals surface area contributed by atoms with Gasteiger partial charge in [-0.1, -0.05) is 17.7 Å². The average Bonchev–Trinajstić information content (AvgIpc) is 2.44. The predicted octanol–water partition coefficient (Wildman–Crippen LogP) is 5.19. The van der Waals surface area contributed by atoms with Gasteiger partial charge in [0.2, 0.25) is 0 Å². The lowest BCUT2D eigenvalue weighted by atomic mass is 10.2. The number of halogens is 4. The lowest BCUT2D eigenvalue weighted by Gasteiger charge is -2.12. The van der Waals surface area contributed by atoms with E-state index in [1.807, 2.05) is 0 Å². The van der Waals surface area contributed by atoms with Crippen LogP contribution < -0.4 is 15.4 Å². The van der Waals surface area contributed by atoms with Gasteiger partial charge in [-0.15, -0.1) is 13.2 Å². The predicted molar refractivity (Wildman–Crippen MR) is 82.0 cm³/mol. The number of urea groups is 1. The zero-order valence-corrected chi connectivity index (χ0v) is 12.6. The molecule has 0 aliphatic heterocycles. The first-order valence-corrected chi connectivity index (χ1v) is 6.81. The van der Waals surface area contributed by atoms with Crippen LogP contribution in [0.2, 0.25) is 5.02 Å². The van der Waals surface area contributed by atoms with E-state index in [2.05, 4.69) is 15.4 Å². The first kappa shape index (κ1) is 17.0. The van der Waals surface area contributed by atoms with Gasteiger partial charge in [-0.25, -0.2) is 4.79 Å². The van der Waals surface area contributed by atoms with Crippen LogP contribution in [0.1, 0.15) is 5.56 Å². The number of alkyl halides is 3. The second kappa shape index (κ2) is 6.78. The van der Waals surface area contributed by atoms with Crippen molar-refractivity contribution in [1.29, 1.82) is 0 Å². The Balaban J connectivity index is 1.99. The zero-order chi connectivity index (χ0) is 17.0. The zero-order valence-electron chi connectivity index (χ0n) is 11.9. The maximum Gasteiger partial charge on any atom is 0.573 e. The molecule has 0 fully saturated rings. The molecule has 0 aliphatic carbocycles. The molecular weight excluding hydrogens is 333 g/mol. The molecule has 8 heteroatoms. The van der Waals surface area contributed by atoms with Crippen LogP contribution in [0.3, 0.4) is 0 Å². The summed E-state index contributed by atoms with van der Waals surface area (Å²) in [6.07, 6.45) is -4.75. The molecule has 0 unspecified atom stereocenters. The third-order valence-electron chi connectivity index (χ3n) is 2.86. The molecule has 122 valence electrons. The number of carbonyl (C=O) groups excluding carboxylic acids is 1. The van der Waals surface area contributed by atoms with Crippen molar-refractivity contribution < 1.29 is 22.7 Å². The fraction of sp³-hybridized carbons (Fsp3) is 0.133. The molecular formula is C15H12ClF3N2O2. The number of nitrogens with one attached hydrogen (secondary N) is 2. The van der Waals surface area contributed by atoms with Crippen LogP contribution in [-0.2, 0) is 0 Å². The molecule has 23 heavy (non-hydrogen) atoms. The number of amides is 2. The van der Waals surface area contributed by atoms with Crippen LogP contribution in [0, 0.1) is 6.92 Å². The molecule has 0 atom stereocenters. The second-order valence-electron chi connectivity index (χ2n) is 4.56. The molecule has 0 saturated heterocycles. The lowest BCUT2D eigenvalue weighted by Crippen LogP contribution is -2.20. The molecule has 2 N–H and O–H groups in total. The normalized spacial score (nSPS) is 11.0. The number of hydrogen-bond donors (Lipinski definition) is 2. The van der Waals surface area contributed by atoms with Crippen molar-refractivity contribution in [2.24, 2.45) is 0 Å². The Morgan fingerprint density at radius 1 is 1.09 bits per heavy atom. The third-order valence-corrected chi connectivity index (χ3v) is 3.27. The Hall–Kier alpha value is -2.41. The van der Waals surface area contributed by atoms with Crippen molar-refractivity contribution in [3.8, 4) is 5.75 Å². The largest absolute Gasteiger partial charge is 0.573 e. The fourth-order valence-electron chi connectivity index (χ4n) is 1.77. The summed E-state index contributed by atoms with van der Waals surface area (Å²) in [4.78, 5) is 11.9. The third kappa shape index (κ3) is 5.07. The van der Waals surface area contributed by atoms with Crippen molar-refractivity contribution in [2.45, 2.75) is 13.3 Å². The Morgan fingerprint density at radius 3 is 2.35 bits per heavy atom. The minimum atomic E-state index is -4.75. The van der Waals surface area contributed by atoms with Gasteiger partial charge in [0, 0.05) is 16.4 Å². The summed E-state index contributed by atoms with van der Waals surface area (Å²) >= 11 is 5.95. The average molecular weight is 345 g/mol. The number of hydrogen-bond acceptors (Lipinski definition) is 2. The molecule has 0 bridgehead atoms. The molecule has 0 heterocycles. The van der Waals surface area contributed by atoms with Gasteiger partial charge in [-0.2, -0.15) is 0 Å². The molecule has 0 aromatic heterocycles. The number of benzene rings is 2. The van der Waals surface area contributed by atoms with Gasteiger partial charge < -0.3 is 15.4 Å². The quantitative estimate of drug-likeness (QED) is 0.805. The monoisotopic (exact) mass is 344 g/mol. The number of carbonyl (C=O) groups is 1. The van der Waals surface area contributed by atoms with Gasteiger partial charge in [0.25, 0.3) is 0 Å². The van der Waals surface area contributed by atoms with Gasteiger partial charge in [-0.3, -0.25) is 0 Å². The van der Waals surface area contributed by atoms with Crippen molar-refractivity contribution in [3.05, 3.63) is 53.1 Å². The molecule has 0 saturated carbocycles. The Bertz CT molecular complexity index is 703. The molecule has 2 rings (SSSR count). The van der Waals surface area contributed by atoms with Crippen molar-refractivity contribution in [1.82, 2.24) is 0 Å². The van der Waals surface area contributed by atoms with E-state index in [1.54, 1.807) is 25.1 Å². The molecule has 0 spiro atoms. The summed E-state index contributed by atoms with van der Waals surface area (Å²) in [6.45, 7) is 1.75. The summed E-state index contributed by atoms with van der Waals surface area (Å²) in [5.41, 5.74) is 1.56. The highest BCUT2D eigenvalue weighted by Crippen LogP contribution is 2.25. The van der Waals surface area contributed by atoms with Crippen LogP contribution in [0.15, 0.2) is 42.5 Å². The smallest absolute Gasteiger partial charge is 0.406 e. The van der Waals surface area contributed by atoms with Gasteiger partial charge in [-0.05, 0) is 48.9 Å². The van der Waals surface area contributed by atoms with E-state index in [-0.39, 0.29) is 5.75 Å². The molecule has 0 radical (unpaired) electrons. The molecule has 2 amide bonds. The minimum Gasteiger partial charge on any atom is -0.406 e. The summed E-state index contributed by atoms with van der Waals surface area (Å²) in [5.74, 6) is -0.367. The van der Waals surface area contributed by atoms with E-state index in [1.165, 1.54) is 12.1 Å². The Kier molecular flexibility index (Phi) is 5.00. The Morgan fingerprint density at radius 2 is 1.74 bits per heavy atom. The fourth-order valence-corrected chi connectivity index (χ4v) is 1.94. The topological polar surface area (TPSA) is 50.4 Å². The van der Waals surface area contributed by atoms with Crippen LogP contribution in [0.25, 0.3) is 0 Å². The molecule has 0 aliphatic rings. The molecule has 2 aromatic rings. The first-order valence-electron chi connectivity index (χ1n) is 6.43. The van der Waals surface area contributed by atoms with E-state index in [9.17, 15) is 18.0 Å². The standard InChI is InChI=1S/C15H12ClF3N2O2/c1-9-12(16)3-2-4-13(9)21-14(22)20-10-5-7-11(8-6-10)23-15(17,18)19/h2-8H,1H3,(H2,20,21,22).